The van der Waals surface area contributed by atoms with Crippen LogP contribution in [0.3, 0.4) is 0 Å². The Bertz CT molecular complexity index is 546. The summed E-state index contributed by atoms with van der Waals surface area (Å²) in [7, 11) is 0. The summed E-state index contributed by atoms with van der Waals surface area (Å²) in [5.74, 6) is 0.293. The summed E-state index contributed by atoms with van der Waals surface area (Å²) in [6.45, 7) is 1.03. The fraction of sp³-hybridized carbons (Fsp3) is 0.278. The van der Waals surface area contributed by atoms with Gasteiger partial charge in [0.2, 0.25) is 5.91 Å². The third-order valence-corrected chi connectivity index (χ3v) is 3.51. The van der Waals surface area contributed by atoms with Crippen LogP contribution in [0, 0.1) is 0 Å². The molecule has 0 aliphatic rings. The number of nitrogens with two attached hydrogens (primary N) is 1. The fourth-order valence-electron chi connectivity index (χ4n) is 2.39. The average molecular weight is 319 g/mol. The van der Waals surface area contributed by atoms with E-state index in [9.17, 15) is 4.79 Å². The Morgan fingerprint density at radius 3 is 2.18 bits per heavy atom. The molecule has 0 aromatic heterocycles. The number of rotatable bonds is 7. The summed E-state index contributed by atoms with van der Waals surface area (Å²) in [6.07, 6.45) is 1.29. The highest BCUT2D eigenvalue weighted by atomic mass is 35.5. The number of hydrogen-bond donors (Lipinski definition) is 2. The zero-order valence-corrected chi connectivity index (χ0v) is 13.4. The summed E-state index contributed by atoms with van der Waals surface area (Å²) < 4.78 is 0. The minimum absolute atomic E-state index is 0. The zero-order chi connectivity index (χ0) is 14.9. The van der Waals surface area contributed by atoms with E-state index in [4.69, 9.17) is 5.73 Å². The van der Waals surface area contributed by atoms with Gasteiger partial charge in [0.15, 0.2) is 0 Å². The lowest BCUT2D eigenvalue weighted by Gasteiger charge is -2.18. The van der Waals surface area contributed by atoms with Gasteiger partial charge in [-0.05, 0) is 17.5 Å². The van der Waals surface area contributed by atoms with Gasteiger partial charge in [-0.2, -0.15) is 0 Å². The van der Waals surface area contributed by atoms with E-state index in [2.05, 4.69) is 29.6 Å². The molecule has 3 N–H and O–H groups in total. The van der Waals surface area contributed by atoms with Gasteiger partial charge in [-0.3, -0.25) is 4.79 Å². The first kappa shape index (κ1) is 18.2. The van der Waals surface area contributed by atoms with Crippen molar-refractivity contribution in [2.75, 3.05) is 13.1 Å². The minimum atomic E-state index is 0. The Labute approximate surface area is 138 Å². The maximum atomic E-state index is 11.6. The van der Waals surface area contributed by atoms with E-state index in [1.54, 1.807) is 0 Å². The first-order chi connectivity index (χ1) is 10.3. The Balaban J connectivity index is 0.00000242. The van der Waals surface area contributed by atoms with Crippen molar-refractivity contribution in [3.05, 3.63) is 71.8 Å². The molecular weight excluding hydrogens is 296 g/mol. The van der Waals surface area contributed by atoms with Gasteiger partial charge in [-0.1, -0.05) is 60.7 Å². The van der Waals surface area contributed by atoms with E-state index in [1.807, 2.05) is 36.4 Å². The van der Waals surface area contributed by atoms with E-state index >= 15 is 0 Å². The van der Waals surface area contributed by atoms with Crippen molar-refractivity contribution >= 4 is 18.3 Å². The van der Waals surface area contributed by atoms with Gasteiger partial charge in [-0.25, -0.2) is 0 Å². The number of amides is 1. The van der Waals surface area contributed by atoms with Gasteiger partial charge in [0.1, 0.15) is 0 Å². The highest BCUT2D eigenvalue weighted by Crippen LogP contribution is 2.20. The summed E-state index contributed by atoms with van der Waals surface area (Å²) in [4.78, 5) is 11.6. The number of carbonyl (C=O) groups excluding carboxylic acids is 1. The molecule has 0 bridgehead atoms. The molecule has 4 heteroatoms. The van der Waals surface area contributed by atoms with Crippen LogP contribution in [0.1, 0.15) is 23.5 Å². The first-order valence-corrected chi connectivity index (χ1v) is 7.35. The van der Waals surface area contributed by atoms with Crippen LogP contribution in [0.4, 0.5) is 0 Å². The Kier molecular flexibility index (Phi) is 8.26. The lowest BCUT2D eigenvalue weighted by Crippen LogP contribution is -2.30. The van der Waals surface area contributed by atoms with Crippen LogP contribution < -0.4 is 11.1 Å². The van der Waals surface area contributed by atoms with E-state index < -0.39 is 0 Å². The van der Waals surface area contributed by atoms with Crippen molar-refractivity contribution in [3.8, 4) is 0 Å². The maximum Gasteiger partial charge on any atom is 0.221 e. The Morgan fingerprint density at radius 1 is 1.00 bits per heavy atom. The quantitative estimate of drug-likeness (QED) is 0.824. The smallest absolute Gasteiger partial charge is 0.221 e. The van der Waals surface area contributed by atoms with Gasteiger partial charge in [0.05, 0.1) is 0 Å². The molecule has 1 amide bonds. The number of carbonyl (C=O) groups is 1. The van der Waals surface area contributed by atoms with Gasteiger partial charge in [0, 0.05) is 25.4 Å². The molecule has 1 atom stereocenters. The van der Waals surface area contributed by atoms with Crippen LogP contribution in [0.5, 0.6) is 0 Å². The standard InChI is InChI=1S/C18H22N2O.ClH/c19-12-11-18(21)20-14-17(16-9-5-2-6-10-16)13-15-7-3-1-4-8-15;/h1-10,17H,11-14,19H2,(H,20,21);1H. The van der Waals surface area contributed by atoms with Crippen LogP contribution >= 0.6 is 12.4 Å². The SMILES string of the molecule is Cl.NCCC(=O)NCC(Cc1ccccc1)c1ccccc1. The van der Waals surface area contributed by atoms with E-state index in [0.717, 1.165) is 6.42 Å². The zero-order valence-electron chi connectivity index (χ0n) is 12.6. The average Bonchev–Trinajstić information content (AvgIpc) is 2.53. The molecule has 1 unspecified atom stereocenters. The number of benzene rings is 2. The molecule has 2 aromatic rings. The van der Waals surface area contributed by atoms with Crippen LogP contribution in [0.2, 0.25) is 0 Å². The molecular formula is C18H23ClN2O. The molecule has 2 aromatic carbocycles. The second-order valence-corrected chi connectivity index (χ2v) is 5.14. The highest BCUT2D eigenvalue weighted by Gasteiger charge is 2.13. The number of hydrogen-bond acceptors (Lipinski definition) is 2. The van der Waals surface area contributed by atoms with Gasteiger partial charge >= 0.3 is 0 Å². The number of nitrogens with one attached hydrogen (secondary N) is 1. The van der Waals surface area contributed by atoms with Gasteiger partial charge < -0.3 is 11.1 Å². The molecule has 0 fully saturated rings. The van der Waals surface area contributed by atoms with E-state index in [1.165, 1.54) is 11.1 Å². The van der Waals surface area contributed by atoms with Crippen molar-refractivity contribution in [2.45, 2.75) is 18.8 Å². The highest BCUT2D eigenvalue weighted by molar-refractivity contribution is 5.85. The maximum absolute atomic E-state index is 11.6. The second kappa shape index (κ2) is 9.98. The Morgan fingerprint density at radius 2 is 1.59 bits per heavy atom. The first-order valence-electron chi connectivity index (χ1n) is 7.35. The lowest BCUT2D eigenvalue weighted by molar-refractivity contribution is -0.120. The third kappa shape index (κ3) is 5.88. The summed E-state index contributed by atoms with van der Waals surface area (Å²) in [6, 6.07) is 20.7. The monoisotopic (exact) mass is 318 g/mol. The molecule has 3 nitrogen and oxygen atoms in total. The predicted molar refractivity (Wildman–Crippen MR) is 93.3 cm³/mol. The van der Waals surface area contributed by atoms with E-state index in [0.29, 0.717) is 19.5 Å². The van der Waals surface area contributed by atoms with Gasteiger partial charge in [-0.15, -0.1) is 12.4 Å². The third-order valence-electron chi connectivity index (χ3n) is 3.51. The van der Waals surface area contributed by atoms with Crippen LogP contribution in [0.25, 0.3) is 0 Å². The van der Waals surface area contributed by atoms with Crippen molar-refractivity contribution in [2.24, 2.45) is 5.73 Å². The van der Waals surface area contributed by atoms with Crippen LogP contribution in [-0.2, 0) is 11.2 Å². The van der Waals surface area contributed by atoms with Crippen molar-refractivity contribution < 1.29 is 4.79 Å². The molecule has 0 heterocycles. The molecule has 0 saturated heterocycles. The second-order valence-electron chi connectivity index (χ2n) is 5.14. The number of halogens is 1. The topological polar surface area (TPSA) is 55.1 Å². The molecule has 0 spiro atoms. The molecule has 2 rings (SSSR count). The predicted octanol–water partition coefficient (Wildman–Crippen LogP) is 2.90. The fourth-order valence-corrected chi connectivity index (χ4v) is 2.39. The molecule has 0 saturated carbocycles. The van der Waals surface area contributed by atoms with Crippen molar-refractivity contribution in [3.63, 3.8) is 0 Å². The van der Waals surface area contributed by atoms with Crippen LogP contribution in [0.15, 0.2) is 60.7 Å². The van der Waals surface area contributed by atoms with Crippen LogP contribution in [-0.4, -0.2) is 19.0 Å². The van der Waals surface area contributed by atoms with Gasteiger partial charge in [0.25, 0.3) is 0 Å². The summed E-state index contributed by atoms with van der Waals surface area (Å²) >= 11 is 0. The summed E-state index contributed by atoms with van der Waals surface area (Å²) in [5, 5.41) is 2.98. The van der Waals surface area contributed by atoms with E-state index in [-0.39, 0.29) is 24.2 Å². The normalized spacial score (nSPS) is 11.3. The molecule has 22 heavy (non-hydrogen) atoms. The molecule has 0 aliphatic carbocycles. The Hall–Kier alpha value is -1.84. The molecule has 0 aliphatic heterocycles. The van der Waals surface area contributed by atoms with Crippen molar-refractivity contribution in [1.82, 2.24) is 5.32 Å². The van der Waals surface area contributed by atoms with Crippen molar-refractivity contribution in [1.29, 1.82) is 0 Å². The minimum Gasteiger partial charge on any atom is -0.355 e. The molecule has 118 valence electrons. The lowest BCUT2D eigenvalue weighted by atomic mass is 9.92. The summed E-state index contributed by atoms with van der Waals surface area (Å²) in [5.41, 5.74) is 7.93. The molecule has 0 radical (unpaired) electrons. The largest absolute Gasteiger partial charge is 0.355 e.